The van der Waals surface area contributed by atoms with Crippen LogP contribution in [0, 0.1) is 5.92 Å². The number of ether oxygens (including phenoxy) is 1. The van der Waals surface area contributed by atoms with Crippen LogP contribution >= 0.6 is 15.9 Å². The number of benzene rings is 1. The zero-order valence-electron chi connectivity index (χ0n) is 14.1. The molecule has 0 fully saturated rings. The number of halogens is 1. The fourth-order valence-corrected chi connectivity index (χ4v) is 2.62. The van der Waals surface area contributed by atoms with Gasteiger partial charge in [0.25, 0.3) is 5.91 Å². The van der Waals surface area contributed by atoms with Gasteiger partial charge in [-0.25, -0.2) is 0 Å². The van der Waals surface area contributed by atoms with Gasteiger partial charge in [-0.2, -0.15) is 0 Å². The van der Waals surface area contributed by atoms with E-state index in [0.29, 0.717) is 16.6 Å². The van der Waals surface area contributed by atoms with E-state index in [2.05, 4.69) is 26.6 Å². The van der Waals surface area contributed by atoms with Gasteiger partial charge >= 0.3 is 0 Å². The van der Waals surface area contributed by atoms with Crippen LogP contribution in [0.15, 0.2) is 28.7 Å². The first-order chi connectivity index (χ1) is 10.9. The second-order valence-corrected chi connectivity index (χ2v) is 6.60. The van der Waals surface area contributed by atoms with E-state index < -0.39 is 6.04 Å². The molecule has 23 heavy (non-hydrogen) atoms. The van der Waals surface area contributed by atoms with Gasteiger partial charge in [0.15, 0.2) is 0 Å². The van der Waals surface area contributed by atoms with Crippen molar-refractivity contribution in [1.82, 2.24) is 10.6 Å². The minimum Gasteiger partial charge on any atom is -0.383 e. The van der Waals surface area contributed by atoms with Gasteiger partial charge in [-0.3, -0.25) is 9.59 Å². The Morgan fingerprint density at radius 1 is 1.22 bits per heavy atom. The van der Waals surface area contributed by atoms with Gasteiger partial charge in [-0.1, -0.05) is 32.9 Å². The third kappa shape index (κ3) is 5.95. The minimum absolute atomic E-state index is 0.0264. The molecule has 0 aliphatic carbocycles. The summed E-state index contributed by atoms with van der Waals surface area (Å²) in [5, 5.41) is 5.75. The maximum atomic E-state index is 12.5. The summed E-state index contributed by atoms with van der Waals surface area (Å²) in [5.74, 6) is -0.489. The van der Waals surface area contributed by atoms with Crippen LogP contribution in [0.2, 0.25) is 0 Å². The van der Waals surface area contributed by atoms with Crippen LogP contribution in [-0.4, -0.2) is 37.6 Å². The van der Waals surface area contributed by atoms with Crippen LogP contribution in [0.5, 0.6) is 0 Å². The first-order valence-electron chi connectivity index (χ1n) is 7.75. The van der Waals surface area contributed by atoms with Gasteiger partial charge in [0.2, 0.25) is 5.91 Å². The molecule has 2 amide bonds. The summed E-state index contributed by atoms with van der Waals surface area (Å²) in [6.45, 7) is 6.24. The van der Waals surface area contributed by atoms with Crippen molar-refractivity contribution in [1.29, 1.82) is 0 Å². The Kier molecular flexibility index (Phi) is 8.26. The Hall–Kier alpha value is -1.40. The van der Waals surface area contributed by atoms with Crippen molar-refractivity contribution < 1.29 is 14.3 Å². The molecule has 2 atom stereocenters. The van der Waals surface area contributed by atoms with Crippen LogP contribution in [0.1, 0.15) is 37.6 Å². The van der Waals surface area contributed by atoms with E-state index in [1.54, 1.807) is 25.3 Å². The van der Waals surface area contributed by atoms with Crippen molar-refractivity contribution in [2.24, 2.45) is 5.92 Å². The highest BCUT2D eigenvalue weighted by Gasteiger charge is 2.26. The first kappa shape index (κ1) is 19.6. The number of carbonyl (C=O) groups is 2. The van der Waals surface area contributed by atoms with Crippen LogP contribution in [0.4, 0.5) is 0 Å². The Morgan fingerprint density at radius 2 is 1.87 bits per heavy atom. The molecule has 2 unspecified atom stereocenters. The molecule has 0 saturated heterocycles. The lowest BCUT2D eigenvalue weighted by Gasteiger charge is -2.25. The summed E-state index contributed by atoms with van der Waals surface area (Å²) in [4.78, 5) is 24.9. The molecule has 0 aromatic heterocycles. The first-order valence-corrected chi connectivity index (χ1v) is 8.54. The van der Waals surface area contributed by atoms with Crippen LogP contribution in [-0.2, 0) is 9.53 Å². The van der Waals surface area contributed by atoms with E-state index in [1.807, 2.05) is 26.8 Å². The molecule has 5 nitrogen and oxygen atoms in total. The molecule has 0 radical (unpaired) electrons. The summed E-state index contributed by atoms with van der Waals surface area (Å²) < 4.78 is 5.79. The van der Waals surface area contributed by atoms with E-state index in [1.165, 1.54) is 0 Å². The van der Waals surface area contributed by atoms with Gasteiger partial charge in [0, 0.05) is 11.6 Å². The quantitative estimate of drug-likeness (QED) is 0.723. The molecular formula is C17H25BrN2O3. The highest BCUT2D eigenvalue weighted by Crippen LogP contribution is 2.16. The fourth-order valence-electron chi connectivity index (χ4n) is 2.15. The maximum absolute atomic E-state index is 12.5. The molecule has 0 heterocycles. The van der Waals surface area contributed by atoms with Crippen LogP contribution in [0.25, 0.3) is 0 Å². The molecule has 1 aromatic rings. The lowest BCUT2D eigenvalue weighted by atomic mass is 10.0. The highest BCUT2D eigenvalue weighted by atomic mass is 79.9. The molecule has 0 aliphatic rings. The van der Waals surface area contributed by atoms with Crippen molar-refractivity contribution >= 4 is 27.7 Å². The minimum atomic E-state index is -0.597. The van der Waals surface area contributed by atoms with Gasteiger partial charge in [0.1, 0.15) is 6.04 Å². The van der Waals surface area contributed by atoms with Gasteiger partial charge in [-0.15, -0.1) is 0 Å². The Labute approximate surface area is 146 Å². The normalized spacial score (nSPS) is 13.5. The molecule has 128 valence electrons. The molecule has 0 aliphatic heterocycles. The molecule has 0 spiro atoms. The van der Waals surface area contributed by atoms with Crippen molar-refractivity contribution in [3.63, 3.8) is 0 Å². The van der Waals surface area contributed by atoms with Gasteiger partial charge in [-0.05, 0) is 40.4 Å². The summed E-state index contributed by atoms with van der Waals surface area (Å²) in [6.07, 6.45) is 0.766. The predicted molar refractivity (Wildman–Crippen MR) is 94.3 cm³/mol. The smallest absolute Gasteiger partial charge is 0.253 e. The van der Waals surface area contributed by atoms with Crippen LogP contribution < -0.4 is 10.6 Å². The number of amides is 2. The van der Waals surface area contributed by atoms with E-state index in [9.17, 15) is 9.59 Å². The Balaban J connectivity index is 2.80. The standard InChI is InChI=1S/C17H25BrN2O3/c1-5-12(10-23-4)19-17(22)15(11(2)3)20-16(21)13-8-6-7-9-14(13)18/h6-9,11-12,15H,5,10H2,1-4H3,(H,19,22)(H,20,21). The third-order valence-corrected chi connectivity index (χ3v) is 4.25. The molecule has 0 saturated carbocycles. The largest absolute Gasteiger partial charge is 0.383 e. The molecule has 6 heteroatoms. The number of carbonyl (C=O) groups excluding carboxylic acids is 2. The molecule has 2 N–H and O–H groups in total. The Morgan fingerprint density at radius 3 is 2.39 bits per heavy atom. The highest BCUT2D eigenvalue weighted by molar-refractivity contribution is 9.10. The van der Waals surface area contributed by atoms with Gasteiger partial charge in [0.05, 0.1) is 18.2 Å². The van der Waals surface area contributed by atoms with E-state index in [0.717, 1.165) is 6.42 Å². The SMILES string of the molecule is CCC(COC)NC(=O)C(NC(=O)c1ccccc1Br)C(C)C. The fraction of sp³-hybridized carbons (Fsp3) is 0.529. The second-order valence-electron chi connectivity index (χ2n) is 5.74. The number of hydrogen-bond acceptors (Lipinski definition) is 3. The number of nitrogens with one attached hydrogen (secondary N) is 2. The van der Waals surface area contributed by atoms with Crippen molar-refractivity contribution in [3.8, 4) is 0 Å². The molecule has 0 bridgehead atoms. The van der Waals surface area contributed by atoms with Crippen molar-refractivity contribution in [2.45, 2.75) is 39.3 Å². The monoisotopic (exact) mass is 384 g/mol. The average molecular weight is 385 g/mol. The van der Waals surface area contributed by atoms with Crippen LogP contribution in [0.3, 0.4) is 0 Å². The number of rotatable bonds is 8. The summed E-state index contributed by atoms with van der Waals surface area (Å²) >= 11 is 3.36. The number of methoxy groups -OCH3 is 1. The number of hydrogen-bond donors (Lipinski definition) is 2. The molecule has 1 rings (SSSR count). The zero-order valence-corrected chi connectivity index (χ0v) is 15.6. The van der Waals surface area contributed by atoms with E-state index >= 15 is 0 Å². The maximum Gasteiger partial charge on any atom is 0.253 e. The van der Waals surface area contributed by atoms with Crippen molar-refractivity contribution in [2.75, 3.05) is 13.7 Å². The average Bonchev–Trinajstić information content (AvgIpc) is 2.51. The predicted octanol–water partition coefficient (Wildman–Crippen LogP) is 2.74. The summed E-state index contributed by atoms with van der Waals surface area (Å²) in [6, 6.07) is 6.48. The van der Waals surface area contributed by atoms with E-state index in [4.69, 9.17) is 4.74 Å². The zero-order chi connectivity index (χ0) is 17.4. The van der Waals surface area contributed by atoms with Gasteiger partial charge < -0.3 is 15.4 Å². The summed E-state index contributed by atoms with van der Waals surface area (Å²) in [5.41, 5.74) is 0.509. The third-order valence-electron chi connectivity index (χ3n) is 3.56. The topological polar surface area (TPSA) is 67.4 Å². The second kappa shape index (κ2) is 9.67. The lowest BCUT2D eigenvalue weighted by Crippen LogP contribution is -2.52. The molecular weight excluding hydrogens is 360 g/mol. The lowest BCUT2D eigenvalue weighted by molar-refractivity contribution is -0.125. The Bertz CT molecular complexity index is 534. The summed E-state index contributed by atoms with van der Waals surface area (Å²) in [7, 11) is 1.60. The molecule has 1 aromatic carbocycles. The van der Waals surface area contributed by atoms with E-state index in [-0.39, 0.29) is 23.8 Å². The van der Waals surface area contributed by atoms with Crippen molar-refractivity contribution in [3.05, 3.63) is 34.3 Å².